The second-order valence-electron chi connectivity index (χ2n) is 13.0. The Kier molecular flexibility index (Phi) is 6.93. The number of carbonyl (C=O) groups excluding carboxylic acids is 2. The smallest absolute Gasteiger partial charge is 0.303 e. The van der Waals surface area contributed by atoms with Crippen LogP contribution in [0.15, 0.2) is 16.8 Å². The van der Waals surface area contributed by atoms with Crippen molar-refractivity contribution in [1.29, 1.82) is 0 Å². The first kappa shape index (κ1) is 26.6. The van der Waals surface area contributed by atoms with Gasteiger partial charge in [-0.2, -0.15) is 0 Å². The maximum absolute atomic E-state index is 13.8. The number of nitrogens with zero attached hydrogens (tertiary/aromatic N) is 1. The van der Waals surface area contributed by atoms with Crippen molar-refractivity contribution < 1.29 is 23.6 Å². The van der Waals surface area contributed by atoms with Gasteiger partial charge in [-0.15, -0.1) is 0 Å². The molecule has 0 unspecified atom stereocenters. The molecule has 7 heteroatoms. The van der Waals surface area contributed by atoms with E-state index >= 15 is 0 Å². The maximum atomic E-state index is 13.8. The van der Waals surface area contributed by atoms with E-state index in [1.54, 1.807) is 7.11 Å². The van der Waals surface area contributed by atoms with Crippen LogP contribution in [0.25, 0.3) is 0 Å². The van der Waals surface area contributed by atoms with Gasteiger partial charge in [0.25, 0.3) is 0 Å². The molecule has 0 aromatic carbocycles. The Morgan fingerprint density at radius 2 is 1.80 bits per heavy atom. The van der Waals surface area contributed by atoms with E-state index in [1.807, 2.05) is 0 Å². The van der Waals surface area contributed by atoms with E-state index in [4.69, 9.17) is 14.0 Å². The number of oxime groups is 1. The molecule has 3 saturated carbocycles. The van der Waals surface area contributed by atoms with Crippen molar-refractivity contribution in [1.82, 2.24) is 0 Å². The lowest BCUT2D eigenvalue weighted by atomic mass is 9.44. The summed E-state index contributed by atoms with van der Waals surface area (Å²) >= 11 is 0. The van der Waals surface area contributed by atoms with Crippen molar-refractivity contribution in [2.45, 2.75) is 97.9 Å². The molecule has 0 spiro atoms. The third kappa shape index (κ3) is 4.34. The molecule has 0 aromatic heterocycles. The van der Waals surface area contributed by atoms with Crippen LogP contribution in [0.1, 0.15) is 72.6 Å². The minimum Gasteiger partial charge on any atom is -0.451 e. The zero-order chi connectivity index (χ0) is 25.8. The third-order valence-electron chi connectivity index (χ3n) is 10.0. The number of rotatable bonds is 6. The molecule has 4 aliphatic rings. The molecule has 196 valence electrons. The summed E-state index contributed by atoms with van der Waals surface area (Å²) in [5, 5.41) is 4.25. The topological polar surface area (TPSA) is 74.2 Å². The molecule has 3 fully saturated rings. The Hall–Kier alpha value is -1.47. The minimum atomic E-state index is -1.88. The molecule has 0 saturated heterocycles. The first-order chi connectivity index (χ1) is 16.3. The van der Waals surface area contributed by atoms with E-state index in [2.05, 4.69) is 51.6 Å². The number of esters is 1. The Balaban J connectivity index is 1.67. The number of ether oxygens (including phenoxy) is 1. The van der Waals surface area contributed by atoms with Gasteiger partial charge in [0, 0.05) is 12.3 Å². The van der Waals surface area contributed by atoms with Gasteiger partial charge in [-0.05, 0) is 99.7 Å². The third-order valence-corrected chi connectivity index (χ3v) is 11.0. The number of hydrogen-bond donors (Lipinski definition) is 0. The number of carbonyl (C=O) groups is 2. The van der Waals surface area contributed by atoms with Crippen molar-refractivity contribution in [3.63, 3.8) is 0 Å². The normalized spacial score (nSPS) is 41.9. The van der Waals surface area contributed by atoms with Crippen LogP contribution in [0, 0.1) is 34.5 Å². The van der Waals surface area contributed by atoms with Crippen molar-refractivity contribution in [3.8, 4) is 0 Å². The summed E-state index contributed by atoms with van der Waals surface area (Å²) in [5.74, 6) is 1.53. The quantitative estimate of drug-likeness (QED) is 0.255. The molecule has 4 aliphatic carbocycles. The summed E-state index contributed by atoms with van der Waals surface area (Å²) in [6.45, 7) is 14.8. The second-order valence-corrected chi connectivity index (χ2v) is 17.5. The van der Waals surface area contributed by atoms with E-state index < -0.39 is 13.9 Å². The van der Waals surface area contributed by atoms with Gasteiger partial charge in [-0.25, -0.2) is 0 Å². The van der Waals surface area contributed by atoms with E-state index in [0.717, 1.165) is 44.2 Å². The predicted octanol–water partition coefficient (Wildman–Crippen LogP) is 5.92. The SMILES string of the molecule is CO/N=C1\C=C2[C@@H](C)C[C@@H]3[C@H](CC[C@@]4(C)[C@H]3CC[C@]4(OC(C)=O)C(=O)CO[Si](C)(C)C)[C@@]2(C)CC1. The van der Waals surface area contributed by atoms with E-state index in [1.165, 1.54) is 12.5 Å². The van der Waals surface area contributed by atoms with Crippen LogP contribution in [0.4, 0.5) is 0 Å². The molecule has 0 aromatic rings. The first-order valence-corrected chi connectivity index (χ1v) is 16.9. The highest BCUT2D eigenvalue weighted by atomic mass is 28.4. The molecule has 35 heavy (non-hydrogen) atoms. The summed E-state index contributed by atoms with van der Waals surface area (Å²) in [4.78, 5) is 31.2. The molecule has 0 bridgehead atoms. The molecule has 4 rings (SSSR count). The Morgan fingerprint density at radius 1 is 1.11 bits per heavy atom. The molecule has 0 N–H and O–H groups in total. The van der Waals surface area contributed by atoms with Crippen LogP contribution in [0.5, 0.6) is 0 Å². The van der Waals surface area contributed by atoms with E-state index in [9.17, 15) is 9.59 Å². The Labute approximate surface area is 212 Å². The van der Waals surface area contributed by atoms with Gasteiger partial charge in [0.2, 0.25) is 5.78 Å². The number of hydrogen-bond acceptors (Lipinski definition) is 6. The summed E-state index contributed by atoms with van der Waals surface area (Å²) in [6.07, 6.45) is 8.95. The van der Waals surface area contributed by atoms with Crippen molar-refractivity contribution >= 4 is 25.8 Å². The number of ketones is 1. The molecule has 0 radical (unpaired) electrons. The summed E-state index contributed by atoms with van der Waals surface area (Å²) in [6, 6.07) is 0. The van der Waals surface area contributed by atoms with Crippen LogP contribution in [-0.2, 0) is 23.6 Å². The molecule has 0 aliphatic heterocycles. The largest absolute Gasteiger partial charge is 0.451 e. The molecular weight excluding hydrogens is 458 g/mol. The van der Waals surface area contributed by atoms with Crippen LogP contribution in [0.2, 0.25) is 19.6 Å². The van der Waals surface area contributed by atoms with E-state index in [-0.39, 0.29) is 29.2 Å². The molecule has 7 atom stereocenters. The molecule has 0 amide bonds. The van der Waals surface area contributed by atoms with Gasteiger partial charge in [0.15, 0.2) is 13.9 Å². The fourth-order valence-corrected chi connectivity index (χ4v) is 9.07. The molecule has 0 heterocycles. The number of fused-ring (bicyclic) bond motifs is 5. The first-order valence-electron chi connectivity index (χ1n) is 13.5. The van der Waals surface area contributed by atoms with Crippen molar-refractivity contribution in [3.05, 3.63) is 11.6 Å². The van der Waals surface area contributed by atoms with Gasteiger partial charge in [0.1, 0.15) is 7.11 Å². The van der Waals surface area contributed by atoms with E-state index in [0.29, 0.717) is 30.1 Å². The summed E-state index contributed by atoms with van der Waals surface area (Å²) in [5.41, 5.74) is 1.30. The number of allylic oxidation sites excluding steroid dienone is 2. The Morgan fingerprint density at radius 3 is 2.43 bits per heavy atom. The highest BCUT2D eigenvalue weighted by molar-refractivity contribution is 6.69. The lowest BCUT2D eigenvalue weighted by Gasteiger charge is -2.60. The maximum Gasteiger partial charge on any atom is 0.303 e. The highest BCUT2D eigenvalue weighted by Gasteiger charge is 2.68. The zero-order valence-electron chi connectivity index (χ0n) is 23.0. The van der Waals surface area contributed by atoms with Crippen LogP contribution < -0.4 is 0 Å². The van der Waals surface area contributed by atoms with Crippen LogP contribution in [0.3, 0.4) is 0 Å². The summed E-state index contributed by atoms with van der Waals surface area (Å²) in [7, 11) is -0.258. The lowest BCUT2D eigenvalue weighted by molar-refractivity contribution is -0.189. The van der Waals surface area contributed by atoms with Gasteiger partial charge >= 0.3 is 5.97 Å². The van der Waals surface area contributed by atoms with Gasteiger partial charge < -0.3 is 14.0 Å². The fourth-order valence-electron chi connectivity index (χ4n) is 8.51. The van der Waals surface area contributed by atoms with Gasteiger partial charge in [0.05, 0.1) is 12.3 Å². The average Bonchev–Trinajstić information content (AvgIpc) is 3.05. The molecule has 6 nitrogen and oxygen atoms in total. The van der Waals surface area contributed by atoms with Gasteiger partial charge in [-0.3, -0.25) is 9.59 Å². The fraction of sp³-hybridized carbons (Fsp3) is 0.821. The highest BCUT2D eigenvalue weighted by Crippen LogP contribution is 2.69. The van der Waals surface area contributed by atoms with Crippen molar-refractivity contribution in [2.24, 2.45) is 39.7 Å². The lowest BCUT2D eigenvalue weighted by Crippen LogP contribution is -2.60. The average molecular weight is 504 g/mol. The van der Waals surface area contributed by atoms with Crippen molar-refractivity contribution in [2.75, 3.05) is 13.7 Å². The van der Waals surface area contributed by atoms with Gasteiger partial charge in [-0.1, -0.05) is 31.5 Å². The van der Waals surface area contributed by atoms with Crippen LogP contribution in [-0.4, -0.2) is 45.1 Å². The monoisotopic (exact) mass is 503 g/mol. The molecular formula is C28H45NO5Si. The standard InChI is InChI=1S/C28H45NO5Si/c1-18-15-21-22(26(3)12-9-20(29-32-5)16-24(18)26)10-13-27(4)23(21)11-14-28(27,34-19(2)30)25(31)17-33-35(6,7)8/h16,18,21-23H,9-15,17H2,1-8H3/b29-20-/t18-,21+,22-,23-,26+,27-,28-/m0/s1. The van der Waals surface area contributed by atoms with Crippen LogP contribution >= 0.6 is 0 Å². The zero-order valence-corrected chi connectivity index (χ0v) is 24.0. The minimum absolute atomic E-state index is 0.0349. The second kappa shape index (κ2) is 9.12. The Bertz CT molecular complexity index is 938. The number of Topliss-reactive ketones (excluding diaryl/α,β-unsaturated/α-hetero) is 1. The summed E-state index contributed by atoms with van der Waals surface area (Å²) < 4.78 is 12.1. The predicted molar refractivity (Wildman–Crippen MR) is 139 cm³/mol.